The van der Waals surface area contributed by atoms with E-state index in [4.69, 9.17) is 9.29 Å². The SMILES string of the molecule is O=C(Oc1ccc(S(=O)(=O)O)cc1I)c1cc(I)cc(I)c1O. The molecule has 0 fully saturated rings. The van der Waals surface area contributed by atoms with Gasteiger partial charge in [0.05, 0.1) is 12.0 Å². The lowest BCUT2D eigenvalue weighted by molar-refractivity contribution is 0.0730. The fourth-order valence-electron chi connectivity index (χ4n) is 1.60. The van der Waals surface area contributed by atoms with Crippen molar-refractivity contribution in [2.45, 2.75) is 4.90 Å². The average Bonchev–Trinajstić information content (AvgIpc) is 2.43. The van der Waals surface area contributed by atoms with Gasteiger partial charge in [0.15, 0.2) is 0 Å². The van der Waals surface area contributed by atoms with E-state index in [1.165, 1.54) is 18.2 Å². The average molecular weight is 672 g/mol. The first-order valence-corrected chi connectivity index (χ1v) is 10.4. The number of ether oxygens (including phenoxy) is 1. The van der Waals surface area contributed by atoms with Gasteiger partial charge >= 0.3 is 5.97 Å². The summed E-state index contributed by atoms with van der Waals surface area (Å²) in [5, 5.41) is 9.96. The highest BCUT2D eigenvalue weighted by molar-refractivity contribution is 14.1. The molecule has 122 valence electrons. The standard InChI is InChI=1S/C13H7I3O6S/c14-6-3-8(12(17)10(16)4-6)13(18)22-11-2-1-7(5-9(11)15)23(19,20)21/h1-5,17H,(H,19,20,21). The number of aromatic hydroxyl groups is 1. The minimum Gasteiger partial charge on any atom is -0.506 e. The van der Waals surface area contributed by atoms with E-state index in [1.807, 2.05) is 45.2 Å². The third-order valence-corrected chi connectivity index (χ3v) is 5.79. The largest absolute Gasteiger partial charge is 0.506 e. The number of phenolic OH excluding ortho intramolecular Hbond substituents is 1. The number of carbonyl (C=O) groups excluding carboxylic acids is 1. The molecule has 0 unspecified atom stereocenters. The zero-order valence-corrected chi connectivity index (χ0v) is 18.2. The van der Waals surface area contributed by atoms with Crippen molar-refractivity contribution < 1.29 is 27.6 Å². The van der Waals surface area contributed by atoms with Gasteiger partial charge < -0.3 is 9.84 Å². The Bertz CT molecular complexity index is 895. The summed E-state index contributed by atoms with van der Waals surface area (Å²) < 4.78 is 37.9. The Morgan fingerprint density at radius 1 is 1.04 bits per heavy atom. The molecule has 0 aromatic heterocycles. The molecule has 2 aromatic rings. The van der Waals surface area contributed by atoms with E-state index in [-0.39, 0.29) is 22.0 Å². The Balaban J connectivity index is 2.35. The topological polar surface area (TPSA) is 101 Å². The molecule has 23 heavy (non-hydrogen) atoms. The molecule has 2 aromatic carbocycles. The van der Waals surface area contributed by atoms with Gasteiger partial charge in [-0.3, -0.25) is 4.55 Å². The summed E-state index contributed by atoms with van der Waals surface area (Å²) in [5.41, 5.74) is 0.0101. The molecule has 6 nitrogen and oxygen atoms in total. The Labute approximate surface area is 172 Å². The molecule has 0 aliphatic rings. The van der Waals surface area contributed by atoms with Gasteiger partial charge in [0, 0.05) is 3.57 Å². The van der Waals surface area contributed by atoms with E-state index in [0.29, 0.717) is 7.14 Å². The molecular weight excluding hydrogens is 665 g/mol. The third kappa shape index (κ3) is 4.67. The maximum absolute atomic E-state index is 12.2. The lowest BCUT2D eigenvalue weighted by Gasteiger charge is -2.10. The van der Waals surface area contributed by atoms with Crippen LogP contribution in [0, 0.1) is 10.7 Å². The summed E-state index contributed by atoms with van der Waals surface area (Å²) >= 11 is 5.70. The molecule has 0 aliphatic carbocycles. The Kier molecular flexibility index (Phi) is 6.13. The van der Waals surface area contributed by atoms with Crippen molar-refractivity contribution in [3.8, 4) is 11.5 Å². The third-order valence-electron chi connectivity index (χ3n) is 2.65. The monoisotopic (exact) mass is 672 g/mol. The van der Waals surface area contributed by atoms with Crippen molar-refractivity contribution in [3.63, 3.8) is 0 Å². The van der Waals surface area contributed by atoms with Crippen molar-refractivity contribution in [1.82, 2.24) is 0 Å². The van der Waals surface area contributed by atoms with Crippen molar-refractivity contribution in [2.75, 3.05) is 0 Å². The maximum Gasteiger partial charge on any atom is 0.347 e. The number of halogens is 3. The van der Waals surface area contributed by atoms with Gasteiger partial charge in [0.2, 0.25) is 0 Å². The molecule has 0 spiro atoms. The van der Waals surface area contributed by atoms with E-state index >= 15 is 0 Å². The molecule has 2 rings (SSSR count). The van der Waals surface area contributed by atoms with Gasteiger partial charge in [0.25, 0.3) is 10.1 Å². The van der Waals surface area contributed by atoms with Gasteiger partial charge in [-0.1, -0.05) is 0 Å². The first-order valence-electron chi connectivity index (χ1n) is 5.77. The number of carbonyl (C=O) groups is 1. The van der Waals surface area contributed by atoms with Crippen molar-refractivity contribution >= 4 is 83.9 Å². The minimum absolute atomic E-state index is 0.0101. The van der Waals surface area contributed by atoms with Gasteiger partial charge in [-0.25, -0.2) is 4.79 Å². The van der Waals surface area contributed by atoms with Crippen LogP contribution in [0.15, 0.2) is 35.2 Å². The minimum atomic E-state index is -4.33. The normalized spacial score (nSPS) is 11.3. The van der Waals surface area contributed by atoms with Crippen LogP contribution in [-0.2, 0) is 10.1 Å². The predicted octanol–water partition coefficient (Wildman–Crippen LogP) is 3.67. The maximum atomic E-state index is 12.2. The molecule has 0 bridgehead atoms. The summed E-state index contributed by atoms with van der Waals surface area (Å²) in [6.07, 6.45) is 0. The van der Waals surface area contributed by atoms with Gasteiger partial charge in [-0.05, 0) is 98.1 Å². The van der Waals surface area contributed by atoms with Crippen LogP contribution in [0.4, 0.5) is 0 Å². The van der Waals surface area contributed by atoms with Crippen LogP contribution in [0.1, 0.15) is 10.4 Å². The second kappa shape index (κ2) is 7.37. The molecule has 2 N–H and O–H groups in total. The highest BCUT2D eigenvalue weighted by Crippen LogP contribution is 2.30. The number of rotatable bonds is 3. The van der Waals surface area contributed by atoms with Crippen molar-refractivity contribution in [3.05, 3.63) is 46.6 Å². The molecule has 0 radical (unpaired) electrons. The fraction of sp³-hybridized carbons (Fsp3) is 0. The van der Waals surface area contributed by atoms with E-state index in [0.717, 1.165) is 9.64 Å². The summed E-state index contributed by atoms with van der Waals surface area (Å²) in [6, 6.07) is 6.76. The lowest BCUT2D eigenvalue weighted by Crippen LogP contribution is -2.11. The second-order valence-corrected chi connectivity index (χ2v) is 9.23. The number of hydrogen-bond donors (Lipinski definition) is 2. The van der Waals surface area contributed by atoms with Gasteiger partial charge in [-0.2, -0.15) is 8.42 Å². The van der Waals surface area contributed by atoms with Crippen LogP contribution in [0.3, 0.4) is 0 Å². The van der Waals surface area contributed by atoms with E-state index in [9.17, 15) is 18.3 Å². The van der Waals surface area contributed by atoms with Crippen molar-refractivity contribution in [2.24, 2.45) is 0 Å². The molecule has 0 saturated carbocycles. The predicted molar refractivity (Wildman–Crippen MR) is 107 cm³/mol. The van der Waals surface area contributed by atoms with Gasteiger partial charge in [-0.15, -0.1) is 0 Å². The number of phenols is 1. The quantitative estimate of drug-likeness (QED) is 0.224. The molecule has 0 atom stereocenters. The van der Waals surface area contributed by atoms with Crippen LogP contribution in [0.25, 0.3) is 0 Å². The summed E-state index contributed by atoms with van der Waals surface area (Å²) in [7, 11) is -4.33. The van der Waals surface area contributed by atoms with Crippen LogP contribution < -0.4 is 4.74 Å². The zero-order chi connectivity index (χ0) is 17.4. The van der Waals surface area contributed by atoms with Crippen LogP contribution in [-0.4, -0.2) is 24.0 Å². The zero-order valence-electron chi connectivity index (χ0n) is 11.0. The van der Waals surface area contributed by atoms with Crippen LogP contribution in [0.2, 0.25) is 0 Å². The molecule has 10 heteroatoms. The number of hydrogen-bond acceptors (Lipinski definition) is 5. The Morgan fingerprint density at radius 3 is 2.26 bits per heavy atom. The highest BCUT2D eigenvalue weighted by Gasteiger charge is 2.19. The summed E-state index contributed by atoms with van der Waals surface area (Å²) in [6.45, 7) is 0. The van der Waals surface area contributed by atoms with Crippen LogP contribution >= 0.6 is 67.8 Å². The molecular formula is C13H7I3O6S. The smallest absolute Gasteiger partial charge is 0.347 e. The van der Waals surface area contributed by atoms with Gasteiger partial charge in [0.1, 0.15) is 17.1 Å². The van der Waals surface area contributed by atoms with E-state index in [2.05, 4.69) is 0 Å². The molecule has 0 saturated heterocycles. The molecule has 0 amide bonds. The molecule has 0 heterocycles. The van der Waals surface area contributed by atoms with Crippen molar-refractivity contribution in [1.29, 1.82) is 0 Å². The second-order valence-electron chi connectivity index (χ2n) is 4.24. The highest BCUT2D eigenvalue weighted by atomic mass is 127. The van der Waals surface area contributed by atoms with Crippen LogP contribution in [0.5, 0.6) is 11.5 Å². The molecule has 0 aliphatic heterocycles. The summed E-state index contributed by atoms with van der Waals surface area (Å²) in [5.74, 6) is -0.826. The lowest BCUT2D eigenvalue weighted by atomic mass is 10.2. The summed E-state index contributed by atoms with van der Waals surface area (Å²) in [4.78, 5) is 11.9. The Hall–Kier alpha value is -0.190. The number of benzene rings is 2. The first kappa shape index (κ1) is 19.1. The van der Waals surface area contributed by atoms with E-state index in [1.54, 1.807) is 28.7 Å². The fourth-order valence-corrected chi connectivity index (χ4v) is 4.79. The number of esters is 1. The Morgan fingerprint density at radius 2 is 1.70 bits per heavy atom. The van der Waals surface area contributed by atoms with E-state index < -0.39 is 16.1 Å². The first-order chi connectivity index (χ1) is 10.6.